The molecule has 0 rings (SSSR count). The highest BCUT2D eigenvalue weighted by molar-refractivity contribution is 6.48. The van der Waals surface area contributed by atoms with Gasteiger partial charge in [-0.05, 0) is 31.4 Å². The van der Waals surface area contributed by atoms with E-state index in [9.17, 15) is 0 Å². The monoisotopic (exact) mass is 360 g/mol. The second kappa shape index (κ2) is 18.7. The zero-order valence-electron chi connectivity index (χ0n) is 16.6. The van der Waals surface area contributed by atoms with Crippen LogP contribution in [0.3, 0.4) is 0 Å². The summed E-state index contributed by atoms with van der Waals surface area (Å²) in [6.45, 7) is 9.11. The lowest BCUT2D eigenvalue weighted by atomic mass is 10.1. The first-order valence-electron chi connectivity index (χ1n) is 10.5. The van der Waals surface area contributed by atoms with Gasteiger partial charge in [0, 0.05) is 12.2 Å². The highest BCUT2D eigenvalue weighted by atomic mass is 28.3. The first-order chi connectivity index (χ1) is 11.3. The van der Waals surface area contributed by atoms with Crippen molar-refractivity contribution in [2.24, 2.45) is 0 Å². The number of hydrogen-bond donors (Lipinski definition) is 0. The quantitative estimate of drug-likeness (QED) is 0.251. The van der Waals surface area contributed by atoms with Crippen LogP contribution in [0.4, 0.5) is 0 Å². The summed E-state index contributed by atoms with van der Waals surface area (Å²) in [5.41, 5.74) is 1.32. The van der Waals surface area contributed by atoms with Crippen LogP contribution in [0.25, 0.3) is 0 Å². The molecule has 2 unspecified atom stereocenters. The summed E-state index contributed by atoms with van der Waals surface area (Å²) < 4.78 is 12.5. The Hall–Kier alpha value is 0.354. The lowest BCUT2D eigenvalue weighted by Crippen LogP contribution is -2.20. The highest BCUT2D eigenvalue weighted by Gasteiger charge is 2.10. The molecule has 0 N–H and O–H groups in total. The van der Waals surface area contributed by atoms with E-state index in [4.69, 9.17) is 8.85 Å². The largest absolute Gasteiger partial charge is 0.421 e. The van der Waals surface area contributed by atoms with Crippen molar-refractivity contribution >= 4 is 19.5 Å². The maximum absolute atomic E-state index is 6.26. The Balaban J connectivity index is 3.74. The molecule has 0 aliphatic rings. The van der Waals surface area contributed by atoms with Gasteiger partial charge >= 0.3 is 0 Å². The molecule has 0 aliphatic carbocycles. The molecule has 0 bridgehead atoms. The van der Waals surface area contributed by atoms with Crippen LogP contribution in [0.2, 0.25) is 5.67 Å². The van der Waals surface area contributed by atoms with Crippen molar-refractivity contribution in [3.05, 3.63) is 0 Å². The predicted molar refractivity (Wildman–Crippen MR) is 110 cm³/mol. The lowest BCUT2D eigenvalue weighted by Gasteiger charge is -2.19. The van der Waals surface area contributed by atoms with Crippen molar-refractivity contribution in [1.82, 2.24) is 0 Å². The third-order valence-corrected chi connectivity index (χ3v) is 8.20. The summed E-state index contributed by atoms with van der Waals surface area (Å²) in [5.74, 6) is 0. The van der Waals surface area contributed by atoms with E-state index in [1.54, 1.807) is 0 Å². The molecule has 0 spiro atoms. The Morgan fingerprint density at radius 2 is 1.00 bits per heavy atom. The van der Waals surface area contributed by atoms with Gasteiger partial charge in [-0.3, -0.25) is 0 Å². The molecule has 0 saturated carbocycles. The average Bonchev–Trinajstić information content (AvgIpc) is 2.54. The minimum atomic E-state index is -0.334. The van der Waals surface area contributed by atoms with Gasteiger partial charge in [0.1, 0.15) is 0 Å². The Labute approximate surface area is 151 Å². The van der Waals surface area contributed by atoms with E-state index < -0.39 is 0 Å². The molecule has 2 atom stereocenters. The summed E-state index contributed by atoms with van der Waals surface area (Å²) in [6.07, 6.45) is 16.8. The van der Waals surface area contributed by atoms with Crippen LogP contribution in [0.1, 0.15) is 105 Å². The van der Waals surface area contributed by atoms with Crippen LogP contribution in [0, 0.1) is 0 Å². The fourth-order valence-corrected chi connectivity index (χ4v) is 6.21. The summed E-state index contributed by atoms with van der Waals surface area (Å²) in [4.78, 5) is 0. The van der Waals surface area contributed by atoms with Crippen molar-refractivity contribution < 1.29 is 8.85 Å². The summed E-state index contributed by atoms with van der Waals surface area (Å²) in [6, 6.07) is 0. The van der Waals surface area contributed by atoms with Crippen LogP contribution < -0.4 is 0 Å². The zero-order valence-corrected chi connectivity index (χ0v) is 19.4. The highest BCUT2D eigenvalue weighted by Crippen LogP contribution is 2.13. The first kappa shape index (κ1) is 23.4. The minimum absolute atomic E-state index is 0.334. The van der Waals surface area contributed by atoms with E-state index in [-0.39, 0.29) is 19.5 Å². The molecule has 0 amide bonds. The van der Waals surface area contributed by atoms with E-state index in [1.807, 2.05) is 0 Å². The molecule has 140 valence electrons. The molecule has 0 aromatic heterocycles. The molecule has 0 fully saturated rings. The van der Waals surface area contributed by atoms with Crippen LogP contribution in [0.5, 0.6) is 0 Å². The first-order valence-corrected chi connectivity index (χ1v) is 13.7. The van der Waals surface area contributed by atoms with Crippen molar-refractivity contribution in [1.29, 1.82) is 0 Å². The number of hydrogen-bond acceptors (Lipinski definition) is 2. The van der Waals surface area contributed by atoms with Crippen molar-refractivity contribution in [2.75, 3.05) is 0 Å². The van der Waals surface area contributed by atoms with Gasteiger partial charge in [-0.2, -0.15) is 0 Å². The predicted octanol–water partition coefficient (Wildman–Crippen LogP) is 5.06. The average molecular weight is 361 g/mol. The molecule has 0 saturated heterocycles. The van der Waals surface area contributed by atoms with E-state index in [1.165, 1.54) is 82.7 Å². The van der Waals surface area contributed by atoms with Crippen LogP contribution in [0.15, 0.2) is 0 Å². The molecule has 0 aromatic carbocycles. The van der Waals surface area contributed by atoms with Crippen molar-refractivity contribution in [3.8, 4) is 0 Å². The molecule has 4 heteroatoms. The minimum Gasteiger partial charge on any atom is -0.421 e. The van der Waals surface area contributed by atoms with E-state index in [0.29, 0.717) is 12.2 Å². The van der Waals surface area contributed by atoms with Gasteiger partial charge in [-0.15, -0.1) is 0 Å². The second-order valence-corrected chi connectivity index (χ2v) is 11.2. The SMILES string of the molecule is CCCCCC(CCC)O[SiH2]C[SiH2]OC(CCC)CCCCC. The zero-order chi connectivity index (χ0) is 17.2. The van der Waals surface area contributed by atoms with Gasteiger partial charge in [-0.1, -0.05) is 79.1 Å². The molecule has 0 radical (unpaired) electrons. The summed E-state index contributed by atoms with van der Waals surface area (Å²) in [7, 11) is -0.669. The lowest BCUT2D eigenvalue weighted by molar-refractivity contribution is 0.178. The number of rotatable bonds is 18. The third-order valence-electron chi connectivity index (χ3n) is 4.48. The molecule has 0 heterocycles. The van der Waals surface area contributed by atoms with Crippen molar-refractivity contribution in [2.45, 2.75) is 123 Å². The topological polar surface area (TPSA) is 18.5 Å². The Morgan fingerprint density at radius 3 is 1.35 bits per heavy atom. The maximum atomic E-state index is 6.26. The molecule has 23 heavy (non-hydrogen) atoms. The Morgan fingerprint density at radius 1 is 0.565 bits per heavy atom. The van der Waals surface area contributed by atoms with Crippen LogP contribution in [-0.2, 0) is 8.85 Å². The molecule has 2 nitrogen and oxygen atoms in total. The third kappa shape index (κ3) is 15.6. The molecule has 0 aromatic rings. The van der Waals surface area contributed by atoms with Gasteiger partial charge < -0.3 is 8.85 Å². The number of unbranched alkanes of at least 4 members (excludes halogenated alkanes) is 4. The fraction of sp³-hybridized carbons (Fsp3) is 1.00. The van der Waals surface area contributed by atoms with Gasteiger partial charge in [0.05, 0.1) is 0 Å². The van der Waals surface area contributed by atoms with Gasteiger partial charge in [0.15, 0.2) is 19.5 Å². The normalized spacial score (nSPS) is 15.1. The molecular formula is C19H44O2Si2. The van der Waals surface area contributed by atoms with Crippen molar-refractivity contribution in [3.63, 3.8) is 0 Å². The molecular weight excluding hydrogens is 316 g/mol. The van der Waals surface area contributed by atoms with E-state index in [0.717, 1.165) is 0 Å². The van der Waals surface area contributed by atoms with Gasteiger partial charge in [0.25, 0.3) is 0 Å². The Kier molecular flexibility index (Phi) is 19.0. The van der Waals surface area contributed by atoms with E-state index >= 15 is 0 Å². The van der Waals surface area contributed by atoms with Gasteiger partial charge in [0.2, 0.25) is 0 Å². The standard InChI is InChI=1S/C19H44O2Si2/c1-5-9-11-15-18(13-7-3)20-22-17-23-21-19(14-8-4)16-12-10-6-2/h18-19H,5-17,22-23H2,1-4H3. The van der Waals surface area contributed by atoms with Gasteiger partial charge in [-0.25, -0.2) is 0 Å². The fourth-order valence-electron chi connectivity index (χ4n) is 3.07. The smallest absolute Gasteiger partial charge is 0.161 e. The summed E-state index contributed by atoms with van der Waals surface area (Å²) >= 11 is 0. The molecule has 0 aliphatic heterocycles. The maximum Gasteiger partial charge on any atom is 0.161 e. The summed E-state index contributed by atoms with van der Waals surface area (Å²) in [5, 5.41) is 0. The van der Waals surface area contributed by atoms with E-state index in [2.05, 4.69) is 27.7 Å². The Bertz CT molecular complexity index is 205. The van der Waals surface area contributed by atoms with Crippen LogP contribution >= 0.6 is 0 Å². The van der Waals surface area contributed by atoms with Crippen LogP contribution in [-0.4, -0.2) is 31.7 Å². The second-order valence-electron chi connectivity index (χ2n) is 6.91.